The van der Waals surface area contributed by atoms with E-state index in [-0.39, 0.29) is 24.4 Å². The van der Waals surface area contributed by atoms with Crippen LogP contribution in [0.2, 0.25) is 0 Å². The Bertz CT molecular complexity index is 1310. The van der Waals surface area contributed by atoms with Crippen molar-refractivity contribution >= 4 is 10.0 Å². The largest absolute Gasteiger partial charge is 0.322 e. The molecule has 4 rings (SSSR count). The van der Waals surface area contributed by atoms with Gasteiger partial charge in [-0.25, -0.2) is 13.1 Å². The summed E-state index contributed by atoms with van der Waals surface area (Å²) in [5.41, 5.74) is 11.9. The third kappa shape index (κ3) is 9.01. The molecule has 0 fully saturated rings. The van der Waals surface area contributed by atoms with E-state index in [4.69, 9.17) is 5.73 Å². The molecule has 0 heterocycles. The Labute approximate surface area is 235 Å². The van der Waals surface area contributed by atoms with Gasteiger partial charge in [-0.2, -0.15) is 0 Å². The fourth-order valence-corrected chi connectivity index (χ4v) is 5.03. The van der Waals surface area contributed by atoms with Gasteiger partial charge in [0.05, 0.1) is 17.0 Å². The van der Waals surface area contributed by atoms with Crippen molar-refractivity contribution in [3.8, 4) is 0 Å². The van der Waals surface area contributed by atoms with Gasteiger partial charge in [0.25, 0.3) is 0 Å². The van der Waals surface area contributed by atoms with E-state index < -0.39 is 22.1 Å². The van der Waals surface area contributed by atoms with E-state index in [1.165, 1.54) is 11.1 Å². The molecule has 0 bridgehead atoms. The molecule has 0 unspecified atom stereocenters. The molecule has 6 heteroatoms. The van der Waals surface area contributed by atoms with Gasteiger partial charge in [-0.05, 0) is 48.6 Å². The molecule has 0 saturated carbocycles. The summed E-state index contributed by atoms with van der Waals surface area (Å²) >= 11 is 0. The average molecular weight is 602 g/mol. The molecule has 0 radical (unpaired) electrons. The third-order valence-corrected chi connectivity index (χ3v) is 7.52. The molecule has 3 N–H and O–H groups in total. The monoisotopic (exact) mass is 602 g/mol. The maximum Gasteiger partial charge on any atom is 0.241 e. The molecule has 0 aromatic heterocycles. The van der Waals surface area contributed by atoms with Crippen LogP contribution in [0.25, 0.3) is 0 Å². The number of rotatable bonds is 7. The van der Waals surface area contributed by atoms with Crippen LogP contribution in [-0.2, 0) is 29.5 Å². The Morgan fingerprint density at radius 1 is 0.622 bits per heavy atom. The van der Waals surface area contributed by atoms with Crippen LogP contribution in [0.5, 0.6) is 0 Å². The van der Waals surface area contributed by atoms with E-state index in [0.717, 1.165) is 16.7 Å². The Hall–Kier alpha value is -2.63. The quantitative estimate of drug-likeness (QED) is 0.228. The molecule has 2 atom stereocenters. The fraction of sp³-hybridized carbons (Fsp3) is 0.226. The predicted octanol–water partition coefficient (Wildman–Crippen LogP) is 6.83. The van der Waals surface area contributed by atoms with Crippen molar-refractivity contribution in [1.29, 1.82) is 0 Å². The second kappa shape index (κ2) is 14.3. The van der Waals surface area contributed by atoms with Gasteiger partial charge in [0, 0.05) is 19.5 Å². The molecule has 0 aliphatic heterocycles. The van der Waals surface area contributed by atoms with Crippen LogP contribution in [0, 0.1) is 13.8 Å². The Balaban J connectivity index is 0.000000369. The summed E-state index contributed by atoms with van der Waals surface area (Å²) in [6.07, 6.45) is 0. The first-order valence-corrected chi connectivity index (χ1v) is 13.7. The van der Waals surface area contributed by atoms with Crippen LogP contribution in [0.3, 0.4) is 0 Å². The molecule has 0 spiro atoms. The normalized spacial score (nSPS) is 12.6. The van der Waals surface area contributed by atoms with Gasteiger partial charge in [0.2, 0.25) is 10.0 Å². The minimum atomic E-state index is -3.71. The van der Waals surface area contributed by atoms with E-state index >= 15 is 0 Å². The van der Waals surface area contributed by atoms with Gasteiger partial charge < -0.3 is 5.73 Å². The van der Waals surface area contributed by atoms with Crippen LogP contribution in [0.4, 0.5) is 0 Å². The molecular formula is C31H36N2O2RuS. The number of hydrogen-bond donors (Lipinski definition) is 2. The summed E-state index contributed by atoms with van der Waals surface area (Å²) in [7, 11) is -3.71. The Kier molecular flexibility index (Phi) is 11.9. The maximum atomic E-state index is 12.9. The SMILES string of the molecule is Cc1ccc(C(C)C)cc1.Cc1ccc(S(=O)(=O)N[C@H](c2ccccc2)[C@H](N)c2ccccc2)cc1.[Ru]. The van der Waals surface area contributed by atoms with Crippen molar-refractivity contribution in [3.63, 3.8) is 0 Å². The molecule has 37 heavy (non-hydrogen) atoms. The first kappa shape index (κ1) is 30.6. The molecular weight excluding hydrogens is 565 g/mol. The van der Waals surface area contributed by atoms with E-state index in [9.17, 15) is 8.42 Å². The number of sulfonamides is 1. The molecule has 0 aliphatic rings. The number of benzene rings is 4. The van der Waals surface area contributed by atoms with Gasteiger partial charge in [-0.3, -0.25) is 0 Å². The maximum absolute atomic E-state index is 12.9. The summed E-state index contributed by atoms with van der Waals surface area (Å²) < 4.78 is 28.6. The average Bonchev–Trinajstić information content (AvgIpc) is 2.89. The van der Waals surface area contributed by atoms with Crippen LogP contribution in [-0.4, -0.2) is 8.42 Å². The number of aryl methyl sites for hydroxylation is 2. The van der Waals surface area contributed by atoms with Crippen LogP contribution < -0.4 is 10.5 Å². The molecule has 196 valence electrons. The van der Waals surface area contributed by atoms with Crippen molar-refractivity contribution in [1.82, 2.24) is 4.72 Å². The third-order valence-electron chi connectivity index (χ3n) is 6.06. The molecule has 0 amide bonds. The van der Waals surface area contributed by atoms with Crippen LogP contribution in [0.15, 0.2) is 114 Å². The van der Waals surface area contributed by atoms with Gasteiger partial charge in [-0.15, -0.1) is 0 Å². The second-order valence-corrected chi connectivity index (χ2v) is 11.0. The minimum Gasteiger partial charge on any atom is -0.322 e. The zero-order chi connectivity index (χ0) is 26.1. The number of nitrogens with one attached hydrogen (secondary N) is 1. The molecule has 0 saturated heterocycles. The standard InChI is InChI=1S/C21H22N2O2S.C10H14.Ru/c1-16-12-14-19(15-13-16)26(24,25)23-21(18-10-6-3-7-11-18)20(22)17-8-4-2-5-9-17;1-8(2)10-6-4-9(3)5-7-10;/h2-15,20-21,23H,22H2,1H3;4-8H,1-3H3;/t20-,21-;;/m1../s1. The Morgan fingerprint density at radius 2 is 1.05 bits per heavy atom. The van der Waals surface area contributed by atoms with Crippen LogP contribution in [0.1, 0.15) is 59.7 Å². The van der Waals surface area contributed by atoms with E-state index in [0.29, 0.717) is 5.92 Å². The van der Waals surface area contributed by atoms with Crippen molar-refractivity contribution in [3.05, 3.63) is 137 Å². The summed E-state index contributed by atoms with van der Waals surface area (Å²) in [6, 6.07) is 33.3. The summed E-state index contributed by atoms with van der Waals surface area (Å²) in [4.78, 5) is 0.226. The van der Waals surface area contributed by atoms with E-state index in [1.807, 2.05) is 67.6 Å². The first-order chi connectivity index (χ1) is 17.2. The number of nitrogens with two attached hydrogens (primary N) is 1. The second-order valence-electron chi connectivity index (χ2n) is 9.32. The van der Waals surface area contributed by atoms with Crippen molar-refractivity contribution in [2.45, 2.75) is 50.6 Å². The van der Waals surface area contributed by atoms with Gasteiger partial charge in [0.15, 0.2) is 0 Å². The zero-order valence-electron chi connectivity index (χ0n) is 21.8. The number of hydrogen-bond acceptors (Lipinski definition) is 3. The smallest absolute Gasteiger partial charge is 0.241 e. The summed E-state index contributed by atoms with van der Waals surface area (Å²) in [5, 5.41) is 0. The zero-order valence-corrected chi connectivity index (χ0v) is 24.3. The van der Waals surface area contributed by atoms with E-state index in [2.05, 4.69) is 49.8 Å². The van der Waals surface area contributed by atoms with Crippen molar-refractivity contribution in [2.75, 3.05) is 0 Å². The molecule has 0 aliphatic carbocycles. The molecule has 4 nitrogen and oxygen atoms in total. The van der Waals surface area contributed by atoms with Gasteiger partial charge in [-0.1, -0.05) is 122 Å². The topological polar surface area (TPSA) is 72.2 Å². The van der Waals surface area contributed by atoms with E-state index in [1.54, 1.807) is 24.3 Å². The molecule has 4 aromatic rings. The summed E-state index contributed by atoms with van der Waals surface area (Å²) in [5.74, 6) is 0.653. The van der Waals surface area contributed by atoms with Crippen molar-refractivity contribution < 1.29 is 27.9 Å². The fourth-order valence-electron chi connectivity index (χ4n) is 3.78. The first-order valence-electron chi connectivity index (χ1n) is 12.2. The van der Waals surface area contributed by atoms with Crippen LogP contribution >= 0.6 is 0 Å². The summed E-state index contributed by atoms with van der Waals surface area (Å²) in [6.45, 7) is 8.46. The van der Waals surface area contributed by atoms with Gasteiger partial charge >= 0.3 is 0 Å². The van der Waals surface area contributed by atoms with Gasteiger partial charge in [0.1, 0.15) is 0 Å². The Morgan fingerprint density at radius 3 is 1.51 bits per heavy atom. The molecule has 4 aromatic carbocycles. The predicted molar refractivity (Wildman–Crippen MR) is 149 cm³/mol. The van der Waals surface area contributed by atoms with Crippen molar-refractivity contribution in [2.24, 2.45) is 5.73 Å². The minimum absolute atomic E-state index is 0.